The second kappa shape index (κ2) is 6.45. The van der Waals surface area contributed by atoms with E-state index < -0.39 is 0 Å². The van der Waals surface area contributed by atoms with Gasteiger partial charge in [-0.05, 0) is 31.2 Å². The predicted molar refractivity (Wildman–Crippen MR) is 99.5 cm³/mol. The van der Waals surface area contributed by atoms with Gasteiger partial charge < -0.3 is 9.73 Å². The second-order valence-corrected chi connectivity index (χ2v) is 7.35. The van der Waals surface area contributed by atoms with Gasteiger partial charge in [-0.25, -0.2) is 4.68 Å². The summed E-state index contributed by atoms with van der Waals surface area (Å²) in [5.74, 6) is 1.13. The number of hydrogen-bond acceptors (Lipinski definition) is 5. The lowest BCUT2D eigenvalue weighted by atomic mass is 10.4. The summed E-state index contributed by atoms with van der Waals surface area (Å²) in [4.78, 5) is 26.2. The van der Waals surface area contributed by atoms with Crippen molar-refractivity contribution in [1.82, 2.24) is 19.5 Å². The average molecular weight is 370 g/mol. The zero-order valence-corrected chi connectivity index (χ0v) is 15.3. The van der Waals surface area contributed by atoms with Crippen molar-refractivity contribution in [1.29, 1.82) is 0 Å². The summed E-state index contributed by atoms with van der Waals surface area (Å²) in [6.45, 7) is 4.18. The lowest BCUT2D eigenvalue weighted by molar-refractivity contribution is -0.122. The Morgan fingerprint density at radius 2 is 2.19 bits per heavy atom. The summed E-state index contributed by atoms with van der Waals surface area (Å²) in [6, 6.07) is 7.48. The van der Waals surface area contributed by atoms with Gasteiger partial charge in [0.1, 0.15) is 23.6 Å². The van der Waals surface area contributed by atoms with Gasteiger partial charge >= 0.3 is 0 Å². The van der Waals surface area contributed by atoms with Crippen molar-refractivity contribution < 1.29 is 9.21 Å². The maximum atomic E-state index is 12.8. The van der Waals surface area contributed by atoms with Crippen LogP contribution in [-0.4, -0.2) is 20.1 Å². The fourth-order valence-electron chi connectivity index (χ4n) is 3.04. The molecule has 0 aliphatic carbocycles. The number of carbonyl (C=O) groups excluding carboxylic acids is 1. The number of hydrogen-bond donors (Lipinski definition) is 1. The van der Waals surface area contributed by atoms with Crippen LogP contribution in [0.2, 0.25) is 0 Å². The SMILES string of the molecule is CCc1nn(CC(=O)NCc2ccco2)c(=O)c2cc3sc(C)cc3n12. The molecule has 4 heterocycles. The fourth-order valence-corrected chi connectivity index (χ4v) is 3.98. The molecule has 8 heteroatoms. The number of aromatic nitrogens is 3. The standard InChI is InChI=1S/C18H18N4O3S/c1-3-16-20-21(10-17(23)19-9-12-5-4-6-25-12)18(24)14-8-15-13(22(14)16)7-11(2)26-15/h4-8H,3,9-10H2,1-2H3,(H,19,23). The largest absolute Gasteiger partial charge is 0.467 e. The van der Waals surface area contributed by atoms with Gasteiger partial charge in [0.15, 0.2) is 0 Å². The van der Waals surface area contributed by atoms with Crippen LogP contribution in [-0.2, 0) is 24.3 Å². The fraction of sp³-hybridized carbons (Fsp3) is 0.278. The van der Waals surface area contributed by atoms with Gasteiger partial charge in [-0.1, -0.05) is 6.92 Å². The Morgan fingerprint density at radius 3 is 2.92 bits per heavy atom. The summed E-state index contributed by atoms with van der Waals surface area (Å²) in [6.07, 6.45) is 2.21. The molecule has 4 aromatic heterocycles. The zero-order valence-electron chi connectivity index (χ0n) is 14.5. The Kier molecular flexibility index (Phi) is 4.12. The molecule has 1 amide bonds. The number of carbonyl (C=O) groups is 1. The van der Waals surface area contributed by atoms with Gasteiger partial charge in [-0.3, -0.25) is 14.0 Å². The van der Waals surface area contributed by atoms with Crippen molar-refractivity contribution >= 4 is 33.0 Å². The zero-order chi connectivity index (χ0) is 18.3. The van der Waals surface area contributed by atoms with Gasteiger partial charge in [0.05, 0.1) is 23.0 Å². The van der Waals surface area contributed by atoms with Crippen LogP contribution in [0, 0.1) is 6.92 Å². The van der Waals surface area contributed by atoms with Gasteiger partial charge in [0.25, 0.3) is 5.56 Å². The monoisotopic (exact) mass is 370 g/mol. The number of furan rings is 1. The quantitative estimate of drug-likeness (QED) is 0.585. The molecular weight excluding hydrogens is 352 g/mol. The third-order valence-corrected chi connectivity index (χ3v) is 5.20. The van der Waals surface area contributed by atoms with E-state index in [9.17, 15) is 9.59 Å². The molecule has 1 N–H and O–H groups in total. The Balaban J connectivity index is 1.68. The maximum absolute atomic E-state index is 12.8. The number of amides is 1. The van der Waals surface area contributed by atoms with Gasteiger partial charge in [-0.2, -0.15) is 5.10 Å². The first-order valence-corrected chi connectivity index (χ1v) is 9.19. The lowest BCUT2D eigenvalue weighted by Crippen LogP contribution is -2.35. The molecule has 26 heavy (non-hydrogen) atoms. The smallest absolute Gasteiger partial charge is 0.291 e. The Labute approximate surface area is 152 Å². The molecule has 0 saturated carbocycles. The molecule has 0 fully saturated rings. The predicted octanol–water partition coefficient (Wildman–Crippen LogP) is 2.49. The van der Waals surface area contributed by atoms with E-state index in [1.807, 2.05) is 24.3 Å². The molecular formula is C18H18N4O3S. The van der Waals surface area contributed by atoms with Crippen LogP contribution in [0.1, 0.15) is 23.4 Å². The molecule has 0 radical (unpaired) electrons. The number of nitrogens with one attached hydrogen (secondary N) is 1. The van der Waals surface area contributed by atoms with Crippen LogP contribution in [0.3, 0.4) is 0 Å². The minimum atomic E-state index is -0.286. The van der Waals surface area contributed by atoms with Crippen molar-refractivity contribution in [2.24, 2.45) is 0 Å². The summed E-state index contributed by atoms with van der Waals surface area (Å²) in [5, 5.41) is 7.16. The van der Waals surface area contributed by atoms with E-state index >= 15 is 0 Å². The Bertz CT molecular complexity index is 1150. The van der Waals surface area contributed by atoms with E-state index in [0.717, 1.165) is 16.0 Å². The minimum Gasteiger partial charge on any atom is -0.467 e. The molecule has 0 atom stereocenters. The van der Waals surface area contributed by atoms with Crippen molar-refractivity contribution in [2.45, 2.75) is 33.4 Å². The molecule has 0 saturated heterocycles. The van der Waals surface area contributed by atoms with E-state index in [1.165, 1.54) is 9.56 Å². The number of fused-ring (bicyclic) bond motifs is 3. The highest BCUT2D eigenvalue weighted by atomic mass is 32.1. The third kappa shape index (κ3) is 2.82. The Morgan fingerprint density at radius 1 is 1.35 bits per heavy atom. The van der Waals surface area contributed by atoms with E-state index in [2.05, 4.69) is 16.5 Å². The number of aryl methyl sites for hydroxylation is 2. The minimum absolute atomic E-state index is 0.124. The molecule has 0 aliphatic heterocycles. The first-order valence-electron chi connectivity index (χ1n) is 8.37. The third-order valence-electron chi connectivity index (χ3n) is 4.21. The maximum Gasteiger partial charge on any atom is 0.291 e. The summed E-state index contributed by atoms with van der Waals surface area (Å²) in [5.41, 5.74) is 1.28. The van der Waals surface area contributed by atoms with Crippen molar-refractivity contribution in [3.63, 3.8) is 0 Å². The van der Waals surface area contributed by atoms with Crippen LogP contribution in [0.15, 0.2) is 39.7 Å². The normalized spacial score (nSPS) is 11.5. The first-order chi connectivity index (χ1) is 12.6. The molecule has 0 bridgehead atoms. The molecule has 7 nitrogen and oxygen atoms in total. The van der Waals surface area contributed by atoms with Gasteiger partial charge in [0.2, 0.25) is 5.91 Å². The van der Waals surface area contributed by atoms with Gasteiger partial charge in [0, 0.05) is 11.3 Å². The highest BCUT2D eigenvalue weighted by Gasteiger charge is 2.16. The molecule has 0 unspecified atom stereocenters. The average Bonchev–Trinajstić information content (AvgIpc) is 3.31. The van der Waals surface area contributed by atoms with E-state index in [1.54, 1.807) is 29.7 Å². The first kappa shape index (κ1) is 16.6. The molecule has 0 spiro atoms. The van der Waals surface area contributed by atoms with E-state index in [4.69, 9.17) is 4.42 Å². The lowest BCUT2D eigenvalue weighted by Gasteiger charge is -2.10. The van der Waals surface area contributed by atoms with Crippen LogP contribution < -0.4 is 10.9 Å². The molecule has 4 aromatic rings. The topological polar surface area (TPSA) is 81.5 Å². The van der Waals surface area contributed by atoms with E-state index in [-0.39, 0.29) is 24.6 Å². The van der Waals surface area contributed by atoms with Crippen molar-refractivity contribution in [3.8, 4) is 0 Å². The second-order valence-electron chi connectivity index (χ2n) is 6.06. The van der Waals surface area contributed by atoms with Crippen LogP contribution in [0.25, 0.3) is 15.7 Å². The van der Waals surface area contributed by atoms with Crippen LogP contribution in [0.5, 0.6) is 0 Å². The highest BCUT2D eigenvalue weighted by Crippen LogP contribution is 2.28. The highest BCUT2D eigenvalue weighted by molar-refractivity contribution is 7.19. The molecule has 134 valence electrons. The van der Waals surface area contributed by atoms with Crippen molar-refractivity contribution in [2.75, 3.05) is 0 Å². The van der Waals surface area contributed by atoms with Crippen LogP contribution >= 0.6 is 11.3 Å². The van der Waals surface area contributed by atoms with Gasteiger partial charge in [-0.15, -0.1) is 11.3 Å². The summed E-state index contributed by atoms with van der Waals surface area (Å²) >= 11 is 1.65. The number of thiophene rings is 1. The summed E-state index contributed by atoms with van der Waals surface area (Å²) < 4.78 is 9.38. The molecule has 4 rings (SSSR count). The number of rotatable bonds is 5. The van der Waals surface area contributed by atoms with Crippen LogP contribution in [0.4, 0.5) is 0 Å². The number of nitrogens with zero attached hydrogens (tertiary/aromatic N) is 3. The summed E-state index contributed by atoms with van der Waals surface area (Å²) in [7, 11) is 0. The molecule has 0 aliphatic rings. The van der Waals surface area contributed by atoms with E-state index in [0.29, 0.717) is 17.7 Å². The molecule has 0 aromatic carbocycles. The Hall–Kier alpha value is -2.87. The van der Waals surface area contributed by atoms with Crippen molar-refractivity contribution in [3.05, 3.63) is 57.3 Å².